The summed E-state index contributed by atoms with van der Waals surface area (Å²) in [4.78, 5) is 10.3. The third-order valence-electron chi connectivity index (χ3n) is 5.60. The second kappa shape index (κ2) is 12.3. The summed E-state index contributed by atoms with van der Waals surface area (Å²) in [5.41, 5.74) is 1.99. The van der Waals surface area contributed by atoms with Crippen LogP contribution in [0, 0.1) is 21.7 Å². The highest BCUT2D eigenvalue weighted by Crippen LogP contribution is 2.30. The van der Waals surface area contributed by atoms with Crippen LogP contribution in [0.1, 0.15) is 29.9 Å². The number of nitrogens with zero attached hydrogens (tertiary/aromatic N) is 2. The number of aromatic nitrogens is 1. The Morgan fingerprint density at radius 1 is 0.771 bits per heavy atom. The van der Waals surface area contributed by atoms with Gasteiger partial charge >= 0.3 is 0 Å². The Bertz CT molecular complexity index is 1190. The van der Waals surface area contributed by atoms with Crippen LogP contribution in [0.5, 0.6) is 11.5 Å². The van der Waals surface area contributed by atoms with Crippen molar-refractivity contribution >= 4 is 5.69 Å². The van der Waals surface area contributed by atoms with Crippen molar-refractivity contribution in [2.24, 2.45) is 0 Å². The standard InChI is InChI=1S/C27H23F2N2O3.HI/c28-22-7-3-20(4-8-22)27(21-5-9-23(29)10-6-21)2-1-17-30-18-15-26(16-19-30)34-25-13-11-24(12-14-25)31(32)33;/h3-16,18-19,27H,1-2,17H2;1H/q+1;/p-1. The van der Waals surface area contributed by atoms with Crippen LogP contribution in [0.4, 0.5) is 14.5 Å². The molecule has 0 radical (unpaired) electrons. The van der Waals surface area contributed by atoms with Crippen LogP contribution in [-0.2, 0) is 6.54 Å². The maximum atomic E-state index is 13.4. The van der Waals surface area contributed by atoms with E-state index in [9.17, 15) is 18.9 Å². The van der Waals surface area contributed by atoms with Crippen LogP contribution >= 0.6 is 0 Å². The van der Waals surface area contributed by atoms with Crippen molar-refractivity contribution in [3.8, 4) is 11.5 Å². The Morgan fingerprint density at radius 3 is 1.74 bits per heavy atom. The molecule has 0 amide bonds. The third-order valence-corrected chi connectivity index (χ3v) is 5.60. The zero-order chi connectivity index (χ0) is 23.9. The first-order valence-electron chi connectivity index (χ1n) is 10.9. The van der Waals surface area contributed by atoms with E-state index < -0.39 is 4.92 Å². The molecule has 0 aliphatic heterocycles. The van der Waals surface area contributed by atoms with Gasteiger partial charge in [-0.05, 0) is 53.9 Å². The molecule has 0 bridgehead atoms. The molecule has 4 aromatic rings. The van der Waals surface area contributed by atoms with Gasteiger partial charge in [-0.1, -0.05) is 24.3 Å². The number of benzene rings is 3. The van der Waals surface area contributed by atoms with E-state index in [4.69, 9.17) is 4.74 Å². The van der Waals surface area contributed by atoms with E-state index in [0.717, 1.165) is 30.5 Å². The van der Waals surface area contributed by atoms with Crippen LogP contribution in [0.2, 0.25) is 0 Å². The smallest absolute Gasteiger partial charge is 0.269 e. The first-order valence-corrected chi connectivity index (χ1v) is 10.9. The van der Waals surface area contributed by atoms with Gasteiger partial charge in [0.2, 0.25) is 0 Å². The van der Waals surface area contributed by atoms with E-state index in [-0.39, 0.29) is 47.2 Å². The number of ether oxygens (including phenoxy) is 1. The summed E-state index contributed by atoms with van der Waals surface area (Å²) < 4.78 is 34.6. The summed E-state index contributed by atoms with van der Waals surface area (Å²) in [6, 6.07) is 22.5. The van der Waals surface area contributed by atoms with Crippen molar-refractivity contribution in [2.45, 2.75) is 25.3 Å². The monoisotopic (exact) mass is 588 g/mol. The number of hydrogen-bond acceptors (Lipinski definition) is 3. The summed E-state index contributed by atoms with van der Waals surface area (Å²) >= 11 is 0. The van der Waals surface area contributed by atoms with Crippen LogP contribution in [-0.4, -0.2) is 4.92 Å². The van der Waals surface area contributed by atoms with Crippen LogP contribution in [0.25, 0.3) is 0 Å². The zero-order valence-corrected chi connectivity index (χ0v) is 20.8. The zero-order valence-electron chi connectivity index (χ0n) is 18.7. The van der Waals surface area contributed by atoms with Crippen molar-refractivity contribution in [3.05, 3.63) is 130 Å². The van der Waals surface area contributed by atoms with Gasteiger partial charge in [-0.25, -0.2) is 13.3 Å². The Hall–Kier alpha value is -3.40. The number of halogens is 3. The van der Waals surface area contributed by atoms with E-state index in [0.29, 0.717) is 11.5 Å². The van der Waals surface area contributed by atoms with Crippen molar-refractivity contribution in [3.63, 3.8) is 0 Å². The fourth-order valence-corrected chi connectivity index (χ4v) is 3.83. The summed E-state index contributed by atoms with van der Waals surface area (Å²) in [6.07, 6.45) is 5.48. The first-order chi connectivity index (χ1) is 16.5. The lowest BCUT2D eigenvalue weighted by Crippen LogP contribution is -3.00. The van der Waals surface area contributed by atoms with Gasteiger partial charge in [0, 0.05) is 36.6 Å². The van der Waals surface area contributed by atoms with Crippen LogP contribution in [0.15, 0.2) is 97.3 Å². The molecule has 0 atom stereocenters. The van der Waals surface area contributed by atoms with Gasteiger partial charge in [0.1, 0.15) is 29.7 Å². The van der Waals surface area contributed by atoms with E-state index in [1.54, 1.807) is 36.4 Å². The second-order valence-electron chi connectivity index (χ2n) is 7.92. The highest BCUT2D eigenvalue weighted by Gasteiger charge is 2.16. The molecule has 0 aliphatic rings. The van der Waals surface area contributed by atoms with E-state index in [1.807, 2.05) is 29.1 Å². The predicted molar refractivity (Wildman–Crippen MR) is 124 cm³/mol. The molecule has 0 aliphatic carbocycles. The van der Waals surface area contributed by atoms with Gasteiger partial charge in [0.25, 0.3) is 5.69 Å². The Labute approximate surface area is 219 Å². The molecule has 5 nitrogen and oxygen atoms in total. The lowest BCUT2D eigenvalue weighted by molar-refractivity contribution is -0.697. The molecule has 3 aromatic carbocycles. The molecular weight excluding hydrogens is 565 g/mol. The summed E-state index contributed by atoms with van der Waals surface area (Å²) in [6.45, 7) is 0.761. The largest absolute Gasteiger partial charge is 1.00 e. The molecule has 1 aromatic heterocycles. The van der Waals surface area contributed by atoms with Crippen LogP contribution in [0.3, 0.4) is 0 Å². The molecular formula is C27H23F2IN2O3. The minimum absolute atomic E-state index is 0. The van der Waals surface area contributed by atoms with E-state index >= 15 is 0 Å². The van der Waals surface area contributed by atoms with Gasteiger partial charge in [-0.2, -0.15) is 0 Å². The highest BCUT2D eigenvalue weighted by atomic mass is 127. The third kappa shape index (κ3) is 7.29. The summed E-state index contributed by atoms with van der Waals surface area (Å²) in [7, 11) is 0. The minimum Gasteiger partial charge on any atom is -1.00 e. The van der Waals surface area contributed by atoms with E-state index in [2.05, 4.69) is 0 Å². The fourth-order valence-electron chi connectivity index (χ4n) is 3.83. The average Bonchev–Trinajstić information content (AvgIpc) is 2.85. The number of nitro groups is 1. The molecule has 4 rings (SSSR count). The maximum Gasteiger partial charge on any atom is 0.269 e. The lowest BCUT2D eigenvalue weighted by Gasteiger charge is -2.17. The number of rotatable bonds is 9. The van der Waals surface area contributed by atoms with Gasteiger partial charge in [-0.15, -0.1) is 0 Å². The number of hydrogen-bond donors (Lipinski definition) is 0. The van der Waals surface area contributed by atoms with Crippen molar-refractivity contribution in [1.29, 1.82) is 0 Å². The first kappa shape index (κ1) is 26.2. The van der Waals surface area contributed by atoms with Crippen molar-refractivity contribution in [2.75, 3.05) is 0 Å². The maximum absolute atomic E-state index is 13.4. The molecule has 35 heavy (non-hydrogen) atoms. The summed E-state index contributed by atoms with van der Waals surface area (Å²) in [5.74, 6) is 0.610. The number of aryl methyl sites for hydroxylation is 1. The van der Waals surface area contributed by atoms with E-state index in [1.165, 1.54) is 36.4 Å². The Morgan fingerprint density at radius 2 is 1.26 bits per heavy atom. The fraction of sp³-hybridized carbons (Fsp3) is 0.148. The molecule has 0 N–H and O–H groups in total. The second-order valence-corrected chi connectivity index (χ2v) is 7.92. The predicted octanol–water partition coefficient (Wildman–Crippen LogP) is 3.57. The molecule has 0 saturated carbocycles. The minimum atomic E-state index is -0.452. The van der Waals surface area contributed by atoms with Gasteiger partial charge in [-0.3, -0.25) is 10.1 Å². The topological polar surface area (TPSA) is 56.3 Å². The quantitative estimate of drug-likeness (QED) is 0.130. The summed E-state index contributed by atoms with van der Waals surface area (Å²) in [5, 5.41) is 10.8. The SMILES string of the molecule is O=[N+]([O-])c1ccc(Oc2cc[n+](CCCC(c3ccc(F)cc3)c3ccc(F)cc3)cc2)cc1.[I-]. The molecule has 180 valence electrons. The molecule has 8 heteroatoms. The average molecular weight is 588 g/mol. The van der Waals surface area contributed by atoms with Crippen molar-refractivity contribution < 1.29 is 47.0 Å². The number of non-ortho nitro benzene ring substituents is 1. The van der Waals surface area contributed by atoms with Crippen molar-refractivity contribution in [1.82, 2.24) is 0 Å². The normalized spacial score (nSPS) is 10.6. The van der Waals surface area contributed by atoms with Crippen LogP contribution < -0.4 is 33.3 Å². The molecule has 0 spiro atoms. The molecule has 0 saturated heterocycles. The lowest BCUT2D eigenvalue weighted by atomic mass is 9.87. The van der Waals surface area contributed by atoms with Gasteiger partial charge in [0.05, 0.1) is 4.92 Å². The van der Waals surface area contributed by atoms with Gasteiger partial charge < -0.3 is 28.7 Å². The molecule has 0 fully saturated rings. The Kier molecular flexibility index (Phi) is 9.25. The number of pyridine rings is 1. The number of nitro benzene ring substituents is 1. The molecule has 0 unspecified atom stereocenters. The highest BCUT2D eigenvalue weighted by molar-refractivity contribution is 5.38. The Balaban J connectivity index is 0.00000342. The molecule has 1 heterocycles. The van der Waals surface area contributed by atoms with Gasteiger partial charge in [0.15, 0.2) is 12.4 Å².